The van der Waals surface area contributed by atoms with E-state index in [0.29, 0.717) is 17.4 Å². The molecule has 1 saturated carbocycles. The Morgan fingerprint density at radius 2 is 2.27 bits per heavy atom. The Morgan fingerprint density at radius 3 is 3.05 bits per heavy atom. The fourth-order valence-corrected chi connectivity index (χ4v) is 2.06. The van der Waals surface area contributed by atoms with Gasteiger partial charge in [0.1, 0.15) is 11.5 Å². The Bertz CT molecular complexity index is 736. The zero-order valence-corrected chi connectivity index (χ0v) is 12.3. The first-order valence-corrected chi connectivity index (χ1v) is 7.14. The molecule has 1 aliphatic carbocycles. The molecule has 22 heavy (non-hydrogen) atoms. The topological polar surface area (TPSA) is 64.4 Å². The van der Waals surface area contributed by atoms with Crippen LogP contribution in [0.5, 0.6) is 5.75 Å². The number of carbonyl (C=O) groups excluding carboxylic acids is 1. The van der Waals surface area contributed by atoms with E-state index in [-0.39, 0.29) is 12.5 Å². The molecule has 112 valence electrons. The van der Waals surface area contributed by atoms with Crippen LogP contribution in [0.4, 0.5) is 0 Å². The van der Waals surface area contributed by atoms with E-state index in [2.05, 4.69) is 22.3 Å². The van der Waals surface area contributed by atoms with Crippen molar-refractivity contribution in [2.75, 3.05) is 13.7 Å². The molecule has 0 spiro atoms. The zero-order valence-electron chi connectivity index (χ0n) is 12.3. The molecule has 1 heterocycles. The second kappa shape index (κ2) is 6.35. The number of carbonyl (C=O) groups is 1. The zero-order chi connectivity index (χ0) is 15.4. The SMILES string of the molecule is COc1ccccc1C#CCNC(=O)c1cc(C2CC2)on1. The highest BCUT2D eigenvalue weighted by atomic mass is 16.5. The molecule has 1 aliphatic rings. The second-order valence-corrected chi connectivity index (χ2v) is 5.07. The van der Waals surface area contributed by atoms with Crippen molar-refractivity contribution in [3.05, 3.63) is 47.3 Å². The molecule has 0 atom stereocenters. The smallest absolute Gasteiger partial charge is 0.274 e. The van der Waals surface area contributed by atoms with Crippen molar-refractivity contribution in [2.24, 2.45) is 0 Å². The summed E-state index contributed by atoms with van der Waals surface area (Å²) in [5, 5.41) is 6.49. The van der Waals surface area contributed by atoms with Crippen LogP contribution in [0.1, 0.15) is 40.6 Å². The predicted octanol–water partition coefficient (Wildman–Crippen LogP) is 2.34. The largest absolute Gasteiger partial charge is 0.495 e. The molecule has 0 bridgehead atoms. The van der Waals surface area contributed by atoms with Crippen molar-refractivity contribution in [1.29, 1.82) is 0 Å². The second-order valence-electron chi connectivity index (χ2n) is 5.07. The van der Waals surface area contributed by atoms with Crippen LogP contribution in [0.3, 0.4) is 0 Å². The summed E-state index contributed by atoms with van der Waals surface area (Å²) in [5.74, 6) is 7.55. The van der Waals surface area contributed by atoms with E-state index < -0.39 is 0 Å². The first-order chi connectivity index (χ1) is 10.8. The van der Waals surface area contributed by atoms with E-state index in [0.717, 1.165) is 24.2 Å². The molecule has 1 fully saturated rings. The summed E-state index contributed by atoms with van der Waals surface area (Å²) in [4.78, 5) is 11.9. The molecular weight excluding hydrogens is 280 g/mol. The molecule has 5 heteroatoms. The van der Waals surface area contributed by atoms with Gasteiger partial charge in [0.05, 0.1) is 19.2 Å². The Balaban J connectivity index is 1.56. The first-order valence-electron chi connectivity index (χ1n) is 7.14. The maximum atomic E-state index is 11.9. The number of rotatable bonds is 4. The van der Waals surface area contributed by atoms with E-state index in [1.807, 2.05) is 24.3 Å². The molecule has 1 aromatic carbocycles. The van der Waals surface area contributed by atoms with Crippen molar-refractivity contribution in [3.63, 3.8) is 0 Å². The molecule has 0 saturated heterocycles. The minimum Gasteiger partial charge on any atom is -0.495 e. The number of para-hydroxylation sites is 1. The lowest BCUT2D eigenvalue weighted by atomic mass is 10.2. The van der Waals surface area contributed by atoms with Crippen LogP contribution in [-0.2, 0) is 0 Å². The predicted molar refractivity (Wildman–Crippen MR) is 80.7 cm³/mol. The third kappa shape index (κ3) is 3.29. The van der Waals surface area contributed by atoms with Crippen molar-refractivity contribution in [2.45, 2.75) is 18.8 Å². The molecule has 0 aliphatic heterocycles. The quantitative estimate of drug-likeness (QED) is 0.880. The Labute approximate surface area is 128 Å². The van der Waals surface area contributed by atoms with E-state index in [4.69, 9.17) is 9.26 Å². The lowest BCUT2D eigenvalue weighted by Crippen LogP contribution is -2.23. The van der Waals surface area contributed by atoms with E-state index in [9.17, 15) is 4.79 Å². The monoisotopic (exact) mass is 296 g/mol. The third-order valence-corrected chi connectivity index (χ3v) is 3.41. The van der Waals surface area contributed by atoms with Crippen LogP contribution in [0.25, 0.3) is 0 Å². The summed E-state index contributed by atoms with van der Waals surface area (Å²) in [7, 11) is 1.60. The fourth-order valence-electron chi connectivity index (χ4n) is 2.06. The van der Waals surface area contributed by atoms with Gasteiger partial charge < -0.3 is 14.6 Å². The van der Waals surface area contributed by atoms with Crippen LogP contribution < -0.4 is 10.1 Å². The van der Waals surface area contributed by atoms with Crippen LogP contribution in [0.2, 0.25) is 0 Å². The number of amides is 1. The van der Waals surface area contributed by atoms with Gasteiger partial charge in [-0.05, 0) is 25.0 Å². The van der Waals surface area contributed by atoms with Gasteiger partial charge in [-0.2, -0.15) is 0 Å². The third-order valence-electron chi connectivity index (χ3n) is 3.41. The standard InChI is InChI=1S/C17H16N2O3/c1-21-15-7-3-2-5-12(15)6-4-10-18-17(20)14-11-16(22-19-14)13-8-9-13/h2-3,5,7,11,13H,8-10H2,1H3,(H,18,20). The molecule has 1 aromatic heterocycles. The number of nitrogens with one attached hydrogen (secondary N) is 1. The summed E-state index contributed by atoms with van der Waals surface area (Å²) in [6.45, 7) is 0.239. The van der Waals surface area contributed by atoms with Gasteiger partial charge in [0.25, 0.3) is 5.91 Å². The van der Waals surface area contributed by atoms with E-state index >= 15 is 0 Å². The Hall–Kier alpha value is -2.74. The number of hydrogen-bond donors (Lipinski definition) is 1. The summed E-state index contributed by atoms with van der Waals surface area (Å²) >= 11 is 0. The molecule has 1 amide bonds. The lowest BCUT2D eigenvalue weighted by molar-refractivity contribution is 0.0949. The first kappa shape index (κ1) is 14.2. The van der Waals surface area contributed by atoms with Gasteiger partial charge in [0.15, 0.2) is 5.69 Å². The van der Waals surface area contributed by atoms with Crippen LogP contribution in [-0.4, -0.2) is 24.7 Å². The maximum Gasteiger partial charge on any atom is 0.274 e. The average Bonchev–Trinajstić information content (AvgIpc) is 3.28. The highest BCUT2D eigenvalue weighted by Gasteiger charge is 2.28. The van der Waals surface area contributed by atoms with Crippen LogP contribution >= 0.6 is 0 Å². The number of benzene rings is 1. The van der Waals surface area contributed by atoms with Gasteiger partial charge in [-0.25, -0.2) is 0 Å². The summed E-state index contributed by atoms with van der Waals surface area (Å²) in [5.41, 5.74) is 1.10. The molecule has 1 N–H and O–H groups in total. The van der Waals surface area contributed by atoms with Crippen LogP contribution in [0.15, 0.2) is 34.9 Å². The van der Waals surface area contributed by atoms with Gasteiger partial charge in [-0.15, -0.1) is 0 Å². The van der Waals surface area contributed by atoms with Crippen molar-refractivity contribution >= 4 is 5.91 Å². The van der Waals surface area contributed by atoms with Crippen molar-refractivity contribution in [3.8, 4) is 17.6 Å². The summed E-state index contributed by atoms with van der Waals surface area (Å²) in [6, 6.07) is 9.19. The molecule has 3 rings (SSSR count). The van der Waals surface area contributed by atoms with Crippen LogP contribution in [0, 0.1) is 11.8 Å². The highest BCUT2D eigenvalue weighted by Crippen LogP contribution is 2.40. The number of nitrogens with zero attached hydrogens (tertiary/aromatic N) is 1. The minimum atomic E-state index is -0.273. The highest BCUT2D eigenvalue weighted by molar-refractivity contribution is 5.92. The van der Waals surface area contributed by atoms with E-state index in [1.165, 1.54) is 0 Å². The molecule has 2 aromatic rings. The fraction of sp³-hybridized carbons (Fsp3) is 0.294. The molecule has 5 nitrogen and oxygen atoms in total. The van der Waals surface area contributed by atoms with Gasteiger partial charge >= 0.3 is 0 Å². The van der Waals surface area contributed by atoms with Gasteiger partial charge in [0.2, 0.25) is 0 Å². The van der Waals surface area contributed by atoms with E-state index in [1.54, 1.807) is 13.2 Å². The summed E-state index contributed by atoms with van der Waals surface area (Å²) < 4.78 is 10.4. The molecule has 0 unspecified atom stereocenters. The van der Waals surface area contributed by atoms with Gasteiger partial charge in [-0.3, -0.25) is 4.79 Å². The average molecular weight is 296 g/mol. The lowest BCUT2D eigenvalue weighted by Gasteiger charge is -2.01. The Kier molecular flexibility index (Phi) is 4.10. The number of ether oxygens (including phenoxy) is 1. The minimum absolute atomic E-state index is 0.239. The normalized spacial score (nSPS) is 13.1. The van der Waals surface area contributed by atoms with Gasteiger partial charge in [0, 0.05) is 12.0 Å². The number of hydrogen-bond acceptors (Lipinski definition) is 4. The van der Waals surface area contributed by atoms with Crippen molar-refractivity contribution in [1.82, 2.24) is 10.5 Å². The maximum absolute atomic E-state index is 11.9. The Morgan fingerprint density at radius 1 is 1.45 bits per heavy atom. The number of methoxy groups -OCH3 is 1. The summed E-state index contributed by atoms with van der Waals surface area (Å²) in [6.07, 6.45) is 2.22. The van der Waals surface area contributed by atoms with Gasteiger partial charge in [-0.1, -0.05) is 29.1 Å². The number of aromatic nitrogens is 1. The molecule has 0 radical (unpaired) electrons. The van der Waals surface area contributed by atoms with Crippen molar-refractivity contribution < 1.29 is 14.1 Å². The molecular formula is C17H16N2O3.